The molecule has 0 aliphatic carbocycles. The molecule has 4 aliphatic heterocycles. The van der Waals surface area contributed by atoms with Gasteiger partial charge in [-0.2, -0.15) is 5.10 Å². The molecule has 0 aromatic carbocycles. The van der Waals surface area contributed by atoms with E-state index in [0.29, 0.717) is 17.4 Å². The number of aromatic nitrogens is 2. The van der Waals surface area contributed by atoms with Crippen molar-refractivity contribution in [3.05, 3.63) is 34.1 Å². The fourth-order valence-corrected chi connectivity index (χ4v) is 5.28. The average molecular weight is 467 g/mol. The van der Waals surface area contributed by atoms with Gasteiger partial charge in [0.25, 0.3) is 5.91 Å². The van der Waals surface area contributed by atoms with Crippen LogP contribution in [0.1, 0.15) is 51.9 Å². The number of β-lactam (4-membered cyclic amide) rings is 1. The Hall–Kier alpha value is -1.55. The molecule has 166 valence electrons. The number of carbonyl (C=O) groups excluding carboxylic acids is 3. The Morgan fingerprint density at radius 2 is 2.00 bits per heavy atom. The van der Waals surface area contributed by atoms with Crippen molar-refractivity contribution in [2.45, 2.75) is 58.9 Å². The van der Waals surface area contributed by atoms with Crippen molar-refractivity contribution >= 4 is 35.6 Å². The molecule has 4 aliphatic rings. The van der Waals surface area contributed by atoms with Crippen LogP contribution in [0.4, 0.5) is 0 Å². The number of amides is 2. The number of thioether (sulfide) groups is 1. The van der Waals surface area contributed by atoms with Crippen LogP contribution in [0, 0.1) is 10.8 Å². The minimum Gasteiger partial charge on any atom is -0.543 e. The van der Waals surface area contributed by atoms with Crippen LogP contribution in [0.15, 0.2) is 22.7 Å². The van der Waals surface area contributed by atoms with Crippen LogP contribution in [-0.4, -0.2) is 44.4 Å². The monoisotopic (exact) mass is 466 g/mol. The van der Waals surface area contributed by atoms with E-state index < -0.39 is 5.97 Å². The maximum Gasteiger partial charge on any atom is 1.00 e. The normalized spacial score (nSPS) is 25.5. The molecule has 10 heteroatoms. The Morgan fingerprint density at radius 1 is 1.28 bits per heavy atom. The molecular weight excluding hydrogens is 439 g/mol. The summed E-state index contributed by atoms with van der Waals surface area (Å²) in [6.45, 7) is 10.5. The first-order valence-electron chi connectivity index (χ1n) is 10.4. The molecule has 0 spiro atoms. The van der Waals surface area contributed by atoms with E-state index in [-0.39, 0.29) is 57.9 Å². The second kappa shape index (κ2) is 9.00. The standard InChI is InChI=1S/C15H15N3O3S.C7H13NO.Na/c1-15(2)5-9-3-8(16-17(9)7-15)4-10-12(19)18-11(14(20)21)6-22-13(10)18;1-7(2)4-3-6(9)8-5-7;/h3-4,6,13H,5,7H2,1-2H3,(H,20,21);3-5H2,1-2H3,(H,8,9);/q;;+1/p-1/b10-4+;;. The molecule has 0 radical (unpaired) electrons. The molecule has 2 fully saturated rings. The number of hydrogen-bond acceptors (Lipinski definition) is 6. The molecule has 8 nitrogen and oxygen atoms in total. The molecule has 0 bridgehead atoms. The van der Waals surface area contributed by atoms with E-state index in [1.165, 1.54) is 27.8 Å². The Balaban J connectivity index is 0.000000246. The number of carboxylic acid groups (broad SMARTS) is 1. The molecule has 1 N–H and O–H groups in total. The van der Waals surface area contributed by atoms with Crippen molar-refractivity contribution in [1.82, 2.24) is 20.0 Å². The van der Waals surface area contributed by atoms with E-state index in [4.69, 9.17) is 0 Å². The van der Waals surface area contributed by atoms with Crippen LogP contribution in [-0.2, 0) is 27.3 Å². The van der Waals surface area contributed by atoms with Crippen LogP contribution in [0.2, 0.25) is 0 Å². The van der Waals surface area contributed by atoms with E-state index >= 15 is 0 Å². The average Bonchev–Trinajstić information content (AvgIpc) is 3.31. The Bertz CT molecular complexity index is 990. The molecule has 5 heterocycles. The van der Waals surface area contributed by atoms with Gasteiger partial charge in [-0.05, 0) is 41.2 Å². The van der Waals surface area contributed by atoms with Gasteiger partial charge in [-0.15, -0.1) is 11.8 Å². The molecule has 1 aromatic heterocycles. The largest absolute Gasteiger partial charge is 1.00 e. The number of aliphatic carboxylic acids is 1. The Morgan fingerprint density at radius 3 is 2.56 bits per heavy atom. The number of carboxylic acids is 1. The molecule has 5 rings (SSSR count). The van der Waals surface area contributed by atoms with E-state index in [9.17, 15) is 19.5 Å². The molecule has 1 atom stereocenters. The summed E-state index contributed by atoms with van der Waals surface area (Å²) in [5, 5.41) is 19.5. The molecule has 1 unspecified atom stereocenters. The van der Waals surface area contributed by atoms with Gasteiger partial charge in [0.1, 0.15) is 5.37 Å². The smallest absolute Gasteiger partial charge is 0.543 e. The summed E-state index contributed by atoms with van der Waals surface area (Å²) in [4.78, 5) is 35.0. The Kier molecular flexibility index (Phi) is 7.06. The van der Waals surface area contributed by atoms with Crippen LogP contribution in [0.5, 0.6) is 0 Å². The third kappa shape index (κ3) is 5.00. The van der Waals surface area contributed by atoms with E-state index in [1.807, 2.05) is 10.7 Å². The number of rotatable bonds is 2. The van der Waals surface area contributed by atoms with Crippen molar-refractivity contribution in [2.24, 2.45) is 10.8 Å². The summed E-state index contributed by atoms with van der Waals surface area (Å²) in [6.07, 6.45) is 4.46. The first-order chi connectivity index (χ1) is 14.5. The van der Waals surface area contributed by atoms with Crippen LogP contribution in [0.25, 0.3) is 6.08 Å². The fraction of sp³-hybridized carbons (Fsp3) is 0.545. The predicted molar refractivity (Wildman–Crippen MR) is 115 cm³/mol. The minimum absolute atomic E-state index is 0. The third-order valence-corrected chi connectivity index (χ3v) is 7.04. The summed E-state index contributed by atoms with van der Waals surface area (Å²) in [6, 6.07) is 2.00. The molecule has 2 saturated heterocycles. The number of nitrogens with zero attached hydrogens (tertiary/aromatic N) is 3. The molecule has 2 amide bonds. The predicted octanol–water partition coefficient (Wildman–Crippen LogP) is -1.72. The quantitative estimate of drug-likeness (QED) is 0.316. The van der Waals surface area contributed by atoms with Gasteiger partial charge in [0.05, 0.1) is 22.9 Å². The van der Waals surface area contributed by atoms with Crippen molar-refractivity contribution in [3.8, 4) is 0 Å². The van der Waals surface area contributed by atoms with Gasteiger partial charge in [0.15, 0.2) is 0 Å². The number of nitrogens with one attached hydrogen (secondary N) is 1. The maximum absolute atomic E-state index is 12.1. The van der Waals surface area contributed by atoms with E-state index in [1.54, 1.807) is 6.08 Å². The minimum atomic E-state index is -1.31. The maximum atomic E-state index is 12.1. The SMILES string of the molecule is CC1(C)CCC(=O)NC1.CC1(C)Cc2cc(/C=C3\C(=O)N4C(C(=O)[O-])=CSC34)nn2C1.[Na+]. The topological polar surface area (TPSA) is 107 Å². The number of piperidine rings is 1. The van der Waals surface area contributed by atoms with Gasteiger partial charge in [0, 0.05) is 25.2 Å². The van der Waals surface area contributed by atoms with Gasteiger partial charge < -0.3 is 15.2 Å². The second-order valence-electron chi connectivity index (χ2n) is 10.1. The summed E-state index contributed by atoms with van der Waals surface area (Å²) in [5.41, 5.74) is 3.03. The molecule has 32 heavy (non-hydrogen) atoms. The summed E-state index contributed by atoms with van der Waals surface area (Å²) in [7, 11) is 0. The van der Waals surface area contributed by atoms with Crippen molar-refractivity contribution in [2.75, 3.05) is 6.54 Å². The fourth-order valence-electron chi connectivity index (χ4n) is 4.16. The number of hydrogen-bond donors (Lipinski definition) is 1. The van der Waals surface area contributed by atoms with Crippen LogP contribution >= 0.6 is 11.8 Å². The second-order valence-corrected chi connectivity index (χ2v) is 11.0. The van der Waals surface area contributed by atoms with Crippen molar-refractivity contribution in [1.29, 1.82) is 0 Å². The zero-order chi connectivity index (χ0) is 22.6. The van der Waals surface area contributed by atoms with E-state index in [0.717, 1.165) is 31.6 Å². The number of carbonyl (C=O) groups is 3. The Labute approximate surface area is 214 Å². The molecule has 1 aromatic rings. The van der Waals surface area contributed by atoms with E-state index in [2.05, 4.69) is 38.1 Å². The third-order valence-electron chi connectivity index (χ3n) is 5.96. The van der Waals surface area contributed by atoms with Crippen molar-refractivity contribution < 1.29 is 49.0 Å². The van der Waals surface area contributed by atoms with Crippen LogP contribution in [0.3, 0.4) is 0 Å². The summed E-state index contributed by atoms with van der Waals surface area (Å²) >= 11 is 1.31. The van der Waals surface area contributed by atoms with Gasteiger partial charge in [0.2, 0.25) is 5.91 Å². The van der Waals surface area contributed by atoms with Crippen molar-refractivity contribution in [3.63, 3.8) is 0 Å². The zero-order valence-electron chi connectivity index (χ0n) is 19.2. The first-order valence-corrected chi connectivity index (χ1v) is 11.4. The van der Waals surface area contributed by atoms with Gasteiger partial charge >= 0.3 is 29.6 Å². The van der Waals surface area contributed by atoms with Crippen LogP contribution < -0.4 is 40.0 Å². The zero-order valence-corrected chi connectivity index (χ0v) is 22.0. The van der Waals surface area contributed by atoms with Gasteiger partial charge in [-0.3, -0.25) is 19.2 Å². The van der Waals surface area contributed by atoms with Gasteiger partial charge in [-0.1, -0.05) is 27.7 Å². The summed E-state index contributed by atoms with van der Waals surface area (Å²) in [5.74, 6) is -1.39. The van der Waals surface area contributed by atoms with Gasteiger partial charge in [-0.25, -0.2) is 0 Å². The molecular formula is C22H27N4NaO4S. The molecule has 0 saturated carbocycles. The summed E-state index contributed by atoms with van der Waals surface area (Å²) < 4.78 is 1.99. The first kappa shape index (κ1) is 25.1. The number of fused-ring (bicyclic) bond motifs is 2.